The Bertz CT molecular complexity index is 673. The molecule has 0 unspecified atom stereocenters. The molecule has 0 atom stereocenters. The zero-order valence-corrected chi connectivity index (χ0v) is 12.2. The first-order chi connectivity index (χ1) is 10.8. The van der Waals surface area contributed by atoms with Gasteiger partial charge in [0.1, 0.15) is 17.4 Å². The second-order valence-corrected chi connectivity index (χ2v) is 5.33. The molecule has 3 rings (SSSR count). The van der Waals surface area contributed by atoms with Gasteiger partial charge in [-0.05, 0) is 24.3 Å². The molecule has 2 aromatic rings. The van der Waals surface area contributed by atoms with Gasteiger partial charge < -0.3 is 4.90 Å². The van der Waals surface area contributed by atoms with Crippen LogP contribution in [0.4, 0.5) is 10.1 Å². The minimum Gasteiger partial charge on any atom is -0.368 e. The standard InChI is InChI=1S/C17H17FN4/c18-16-5-3-6-17(15(16)12-19)22-10-8-21(9-11-22)13-14-4-1-2-7-20-14/h1-7H,8-11,13H2. The Morgan fingerprint density at radius 3 is 2.59 bits per heavy atom. The van der Waals surface area contributed by atoms with Gasteiger partial charge in [-0.1, -0.05) is 12.1 Å². The molecule has 1 aromatic heterocycles. The Morgan fingerprint density at radius 2 is 1.91 bits per heavy atom. The molecule has 1 fully saturated rings. The molecule has 1 aromatic carbocycles. The van der Waals surface area contributed by atoms with Crippen LogP contribution in [-0.4, -0.2) is 36.1 Å². The Hall–Kier alpha value is -2.45. The summed E-state index contributed by atoms with van der Waals surface area (Å²) in [5.41, 5.74) is 1.89. The number of pyridine rings is 1. The summed E-state index contributed by atoms with van der Waals surface area (Å²) in [5.74, 6) is -0.448. The number of nitriles is 1. The third-order valence-electron chi connectivity index (χ3n) is 3.93. The van der Waals surface area contributed by atoms with Crippen molar-refractivity contribution >= 4 is 5.69 Å². The van der Waals surface area contributed by atoms with Crippen molar-refractivity contribution in [3.05, 3.63) is 59.7 Å². The summed E-state index contributed by atoms with van der Waals surface area (Å²) in [5, 5.41) is 9.14. The van der Waals surface area contributed by atoms with Crippen molar-refractivity contribution in [2.75, 3.05) is 31.1 Å². The molecule has 0 bridgehead atoms. The van der Waals surface area contributed by atoms with Crippen molar-refractivity contribution < 1.29 is 4.39 Å². The van der Waals surface area contributed by atoms with Crippen molar-refractivity contribution in [3.8, 4) is 6.07 Å². The van der Waals surface area contributed by atoms with Crippen LogP contribution >= 0.6 is 0 Å². The van der Waals surface area contributed by atoms with Crippen molar-refractivity contribution in [2.45, 2.75) is 6.54 Å². The zero-order chi connectivity index (χ0) is 15.4. The van der Waals surface area contributed by atoms with Crippen molar-refractivity contribution in [1.29, 1.82) is 5.26 Å². The number of rotatable bonds is 3. The van der Waals surface area contributed by atoms with E-state index in [4.69, 9.17) is 5.26 Å². The number of anilines is 1. The van der Waals surface area contributed by atoms with E-state index >= 15 is 0 Å². The minimum absolute atomic E-state index is 0.140. The first-order valence-corrected chi connectivity index (χ1v) is 7.34. The van der Waals surface area contributed by atoms with Gasteiger partial charge >= 0.3 is 0 Å². The van der Waals surface area contributed by atoms with Gasteiger partial charge in [0.2, 0.25) is 0 Å². The van der Waals surface area contributed by atoms with E-state index in [9.17, 15) is 4.39 Å². The van der Waals surface area contributed by atoms with Crippen LogP contribution < -0.4 is 4.90 Å². The van der Waals surface area contributed by atoms with Crippen LogP contribution in [-0.2, 0) is 6.54 Å². The molecule has 0 spiro atoms. The van der Waals surface area contributed by atoms with Gasteiger partial charge in [0, 0.05) is 38.9 Å². The maximum atomic E-state index is 13.7. The lowest BCUT2D eigenvalue weighted by Gasteiger charge is -2.36. The zero-order valence-electron chi connectivity index (χ0n) is 12.2. The Balaban J connectivity index is 1.65. The Morgan fingerprint density at radius 1 is 1.09 bits per heavy atom. The predicted molar refractivity (Wildman–Crippen MR) is 82.8 cm³/mol. The maximum absolute atomic E-state index is 13.7. The molecule has 2 heterocycles. The SMILES string of the molecule is N#Cc1c(F)cccc1N1CCN(Cc2ccccn2)CC1. The van der Waals surface area contributed by atoms with E-state index in [0.717, 1.165) is 38.4 Å². The summed E-state index contributed by atoms with van der Waals surface area (Å²) >= 11 is 0. The van der Waals surface area contributed by atoms with E-state index in [1.54, 1.807) is 12.3 Å². The molecule has 0 amide bonds. The molecular formula is C17H17FN4. The van der Waals surface area contributed by atoms with Gasteiger partial charge in [-0.25, -0.2) is 4.39 Å². The highest BCUT2D eigenvalue weighted by molar-refractivity contribution is 5.60. The molecule has 22 heavy (non-hydrogen) atoms. The second kappa shape index (κ2) is 6.54. The second-order valence-electron chi connectivity index (χ2n) is 5.33. The van der Waals surface area contributed by atoms with Gasteiger partial charge in [0.25, 0.3) is 0 Å². The third-order valence-corrected chi connectivity index (χ3v) is 3.93. The van der Waals surface area contributed by atoms with Gasteiger partial charge in [0.15, 0.2) is 0 Å². The largest absolute Gasteiger partial charge is 0.368 e. The highest BCUT2D eigenvalue weighted by Crippen LogP contribution is 2.23. The summed E-state index contributed by atoms with van der Waals surface area (Å²) in [6.45, 7) is 4.13. The average molecular weight is 296 g/mol. The highest BCUT2D eigenvalue weighted by Gasteiger charge is 2.20. The fourth-order valence-electron chi connectivity index (χ4n) is 2.75. The monoisotopic (exact) mass is 296 g/mol. The van der Waals surface area contributed by atoms with Crippen LogP contribution in [0.25, 0.3) is 0 Å². The molecule has 4 nitrogen and oxygen atoms in total. The fourth-order valence-corrected chi connectivity index (χ4v) is 2.75. The van der Waals surface area contributed by atoms with Crippen molar-refractivity contribution in [1.82, 2.24) is 9.88 Å². The van der Waals surface area contributed by atoms with Gasteiger partial charge in [-0.2, -0.15) is 5.26 Å². The number of piperazine rings is 1. The summed E-state index contributed by atoms with van der Waals surface area (Å²) in [6, 6.07) is 12.7. The van der Waals surface area contributed by atoms with Crippen LogP contribution in [0.15, 0.2) is 42.6 Å². The van der Waals surface area contributed by atoms with Crippen LogP contribution in [0.2, 0.25) is 0 Å². The summed E-state index contributed by atoms with van der Waals surface area (Å²) in [4.78, 5) is 8.74. The van der Waals surface area contributed by atoms with E-state index in [1.165, 1.54) is 6.07 Å². The number of nitrogens with zero attached hydrogens (tertiary/aromatic N) is 4. The quantitative estimate of drug-likeness (QED) is 0.872. The van der Waals surface area contributed by atoms with Crippen LogP contribution in [0.3, 0.4) is 0 Å². The topological polar surface area (TPSA) is 43.2 Å². The van der Waals surface area contributed by atoms with Gasteiger partial charge in [-0.3, -0.25) is 9.88 Å². The number of halogens is 1. The first-order valence-electron chi connectivity index (χ1n) is 7.34. The van der Waals surface area contributed by atoms with Crippen molar-refractivity contribution in [3.63, 3.8) is 0 Å². The maximum Gasteiger partial charge on any atom is 0.143 e. The Labute approximate surface area is 129 Å². The summed E-state index contributed by atoms with van der Waals surface area (Å²) in [6.07, 6.45) is 1.80. The van der Waals surface area contributed by atoms with E-state index in [2.05, 4.69) is 14.8 Å². The molecular weight excluding hydrogens is 279 g/mol. The molecule has 1 saturated heterocycles. The third kappa shape index (κ3) is 3.07. The van der Waals surface area contributed by atoms with Crippen LogP contribution in [0.5, 0.6) is 0 Å². The number of hydrogen-bond donors (Lipinski definition) is 0. The number of hydrogen-bond acceptors (Lipinski definition) is 4. The smallest absolute Gasteiger partial charge is 0.143 e. The molecule has 1 aliphatic rings. The highest BCUT2D eigenvalue weighted by atomic mass is 19.1. The Kier molecular flexibility index (Phi) is 4.31. The predicted octanol–water partition coefficient (Wildman–Crippen LogP) is 2.41. The van der Waals surface area contributed by atoms with Gasteiger partial charge in [0.05, 0.1) is 11.4 Å². The average Bonchev–Trinajstić information content (AvgIpc) is 2.56. The molecule has 112 valence electrons. The van der Waals surface area contributed by atoms with Crippen molar-refractivity contribution in [2.24, 2.45) is 0 Å². The summed E-state index contributed by atoms with van der Waals surface area (Å²) < 4.78 is 13.7. The van der Waals surface area contributed by atoms with E-state index in [0.29, 0.717) is 5.69 Å². The normalized spacial score (nSPS) is 15.5. The number of benzene rings is 1. The lowest BCUT2D eigenvalue weighted by atomic mass is 10.1. The van der Waals surface area contributed by atoms with Crippen LogP contribution in [0, 0.1) is 17.1 Å². The van der Waals surface area contributed by atoms with E-state index < -0.39 is 5.82 Å². The van der Waals surface area contributed by atoms with Crippen LogP contribution in [0.1, 0.15) is 11.3 Å². The van der Waals surface area contributed by atoms with E-state index in [1.807, 2.05) is 30.3 Å². The molecule has 0 aliphatic carbocycles. The lowest BCUT2D eigenvalue weighted by molar-refractivity contribution is 0.247. The fraction of sp³-hybridized carbons (Fsp3) is 0.294. The molecule has 0 saturated carbocycles. The first kappa shape index (κ1) is 14.5. The van der Waals surface area contributed by atoms with E-state index in [-0.39, 0.29) is 5.56 Å². The number of aromatic nitrogens is 1. The molecule has 5 heteroatoms. The lowest BCUT2D eigenvalue weighted by Crippen LogP contribution is -2.46. The molecule has 0 N–H and O–H groups in total. The minimum atomic E-state index is -0.448. The van der Waals surface area contributed by atoms with Gasteiger partial charge in [-0.15, -0.1) is 0 Å². The summed E-state index contributed by atoms with van der Waals surface area (Å²) in [7, 11) is 0. The molecule has 1 aliphatic heterocycles. The molecule has 0 radical (unpaired) electrons.